The molecular formula is C14H18BrNO3. The highest BCUT2D eigenvalue weighted by molar-refractivity contribution is 9.10. The van der Waals surface area contributed by atoms with Gasteiger partial charge in [0.25, 0.3) is 0 Å². The molecular weight excluding hydrogens is 310 g/mol. The van der Waals surface area contributed by atoms with Gasteiger partial charge in [-0.3, -0.25) is 0 Å². The van der Waals surface area contributed by atoms with Crippen LogP contribution in [0.1, 0.15) is 18.9 Å². The van der Waals surface area contributed by atoms with E-state index in [0.29, 0.717) is 25.4 Å². The van der Waals surface area contributed by atoms with E-state index in [1.807, 2.05) is 6.07 Å². The standard InChI is InChI=1S/C14H18BrNO3/c1-9-12(2-3-17-9)16-8-10-6-11(15)14-13(7-10)18-4-5-19-14/h6-7,9,12,16H,2-5,8H2,1H3. The number of rotatable bonds is 3. The Morgan fingerprint density at radius 1 is 1.26 bits per heavy atom. The molecule has 2 heterocycles. The molecule has 4 nitrogen and oxygen atoms in total. The first-order chi connectivity index (χ1) is 9.24. The highest BCUT2D eigenvalue weighted by Crippen LogP contribution is 2.38. The van der Waals surface area contributed by atoms with Gasteiger partial charge in [-0.15, -0.1) is 0 Å². The van der Waals surface area contributed by atoms with Gasteiger partial charge in [0.05, 0.1) is 10.6 Å². The molecule has 2 aliphatic heterocycles. The van der Waals surface area contributed by atoms with Gasteiger partial charge in [0.1, 0.15) is 13.2 Å². The van der Waals surface area contributed by atoms with Gasteiger partial charge in [0.15, 0.2) is 11.5 Å². The van der Waals surface area contributed by atoms with Crippen LogP contribution in [-0.4, -0.2) is 32.0 Å². The summed E-state index contributed by atoms with van der Waals surface area (Å²) in [6.45, 7) is 5.01. The largest absolute Gasteiger partial charge is 0.486 e. The van der Waals surface area contributed by atoms with Crippen LogP contribution in [0.15, 0.2) is 16.6 Å². The van der Waals surface area contributed by atoms with Gasteiger partial charge in [0, 0.05) is 19.2 Å². The Labute approximate surface area is 121 Å². The monoisotopic (exact) mass is 327 g/mol. The SMILES string of the molecule is CC1OCCC1NCc1cc(Br)c2c(c1)OCCO2. The van der Waals surface area contributed by atoms with Crippen LogP contribution < -0.4 is 14.8 Å². The molecule has 2 unspecified atom stereocenters. The highest BCUT2D eigenvalue weighted by atomic mass is 79.9. The molecule has 2 atom stereocenters. The predicted molar refractivity (Wildman–Crippen MR) is 75.8 cm³/mol. The molecule has 3 rings (SSSR count). The van der Waals surface area contributed by atoms with Crippen molar-refractivity contribution in [2.75, 3.05) is 19.8 Å². The molecule has 0 amide bonds. The van der Waals surface area contributed by atoms with Gasteiger partial charge in [0.2, 0.25) is 0 Å². The normalized spacial score (nSPS) is 25.6. The van der Waals surface area contributed by atoms with Crippen LogP contribution in [0.25, 0.3) is 0 Å². The number of fused-ring (bicyclic) bond motifs is 1. The van der Waals surface area contributed by atoms with Crippen LogP contribution >= 0.6 is 15.9 Å². The van der Waals surface area contributed by atoms with Gasteiger partial charge < -0.3 is 19.5 Å². The summed E-state index contributed by atoms with van der Waals surface area (Å²) in [6, 6.07) is 4.57. The van der Waals surface area contributed by atoms with Crippen molar-refractivity contribution in [2.45, 2.75) is 32.0 Å². The number of hydrogen-bond donors (Lipinski definition) is 1. The fourth-order valence-corrected chi connectivity index (χ4v) is 3.12. The Hall–Kier alpha value is -0.780. The summed E-state index contributed by atoms with van der Waals surface area (Å²) in [5, 5.41) is 3.54. The third kappa shape index (κ3) is 2.88. The van der Waals surface area contributed by atoms with Crippen molar-refractivity contribution in [1.82, 2.24) is 5.32 Å². The molecule has 0 spiro atoms. The Morgan fingerprint density at radius 3 is 2.89 bits per heavy atom. The third-order valence-electron chi connectivity index (χ3n) is 3.60. The topological polar surface area (TPSA) is 39.7 Å². The maximum Gasteiger partial charge on any atom is 0.175 e. The van der Waals surface area contributed by atoms with Gasteiger partial charge in [-0.2, -0.15) is 0 Å². The van der Waals surface area contributed by atoms with Crippen molar-refractivity contribution in [1.29, 1.82) is 0 Å². The van der Waals surface area contributed by atoms with E-state index in [2.05, 4.69) is 34.2 Å². The maximum absolute atomic E-state index is 5.63. The van der Waals surface area contributed by atoms with Crippen molar-refractivity contribution >= 4 is 15.9 Å². The number of benzene rings is 1. The zero-order valence-corrected chi connectivity index (χ0v) is 12.5. The van der Waals surface area contributed by atoms with Gasteiger partial charge in [-0.25, -0.2) is 0 Å². The van der Waals surface area contributed by atoms with Crippen LogP contribution in [-0.2, 0) is 11.3 Å². The zero-order valence-electron chi connectivity index (χ0n) is 10.9. The molecule has 5 heteroatoms. The Bertz CT molecular complexity index is 466. The number of halogens is 1. The first-order valence-corrected chi connectivity index (χ1v) is 7.46. The summed E-state index contributed by atoms with van der Waals surface area (Å²) in [5.74, 6) is 1.64. The summed E-state index contributed by atoms with van der Waals surface area (Å²) in [7, 11) is 0. The lowest BCUT2D eigenvalue weighted by Gasteiger charge is -2.21. The number of ether oxygens (including phenoxy) is 3. The molecule has 0 saturated carbocycles. The van der Waals surface area contributed by atoms with E-state index >= 15 is 0 Å². The summed E-state index contributed by atoms with van der Waals surface area (Å²) in [5.41, 5.74) is 1.19. The molecule has 0 radical (unpaired) electrons. The van der Waals surface area contributed by atoms with Crippen LogP contribution in [0.5, 0.6) is 11.5 Å². The Kier molecular flexibility index (Phi) is 3.96. The molecule has 1 aromatic rings. The maximum atomic E-state index is 5.63. The molecule has 2 aliphatic rings. The van der Waals surface area contributed by atoms with Crippen molar-refractivity contribution in [2.24, 2.45) is 0 Å². The van der Waals surface area contributed by atoms with Crippen molar-refractivity contribution in [3.63, 3.8) is 0 Å². The van der Waals surface area contributed by atoms with E-state index in [4.69, 9.17) is 14.2 Å². The lowest BCUT2D eigenvalue weighted by Crippen LogP contribution is -2.34. The quantitative estimate of drug-likeness (QED) is 0.925. The summed E-state index contributed by atoms with van der Waals surface area (Å²) < 4.78 is 17.7. The second kappa shape index (κ2) is 5.69. The summed E-state index contributed by atoms with van der Waals surface area (Å²) >= 11 is 3.54. The lowest BCUT2D eigenvalue weighted by atomic mass is 10.1. The Morgan fingerprint density at radius 2 is 2.11 bits per heavy atom. The predicted octanol–water partition coefficient (Wildman–Crippen LogP) is 2.49. The highest BCUT2D eigenvalue weighted by Gasteiger charge is 2.23. The molecule has 1 N–H and O–H groups in total. The Balaban J connectivity index is 1.69. The fraction of sp³-hybridized carbons (Fsp3) is 0.571. The minimum atomic E-state index is 0.292. The zero-order chi connectivity index (χ0) is 13.2. The molecule has 1 saturated heterocycles. The summed E-state index contributed by atoms with van der Waals surface area (Å²) in [4.78, 5) is 0. The fourth-order valence-electron chi connectivity index (χ4n) is 2.52. The van der Waals surface area contributed by atoms with E-state index in [9.17, 15) is 0 Å². The smallest absolute Gasteiger partial charge is 0.175 e. The molecule has 1 aromatic carbocycles. The van der Waals surface area contributed by atoms with Crippen molar-refractivity contribution in [3.05, 3.63) is 22.2 Å². The molecule has 104 valence electrons. The minimum Gasteiger partial charge on any atom is -0.486 e. The number of hydrogen-bond acceptors (Lipinski definition) is 4. The molecule has 0 aromatic heterocycles. The van der Waals surface area contributed by atoms with E-state index < -0.39 is 0 Å². The van der Waals surface area contributed by atoms with Gasteiger partial charge >= 0.3 is 0 Å². The molecule has 0 aliphatic carbocycles. The average molecular weight is 328 g/mol. The first kappa shape index (κ1) is 13.2. The molecule has 1 fully saturated rings. The molecule has 19 heavy (non-hydrogen) atoms. The van der Waals surface area contributed by atoms with E-state index in [1.165, 1.54) is 5.56 Å². The second-order valence-corrected chi connectivity index (χ2v) is 5.81. The summed E-state index contributed by atoms with van der Waals surface area (Å²) in [6.07, 6.45) is 1.37. The minimum absolute atomic E-state index is 0.292. The third-order valence-corrected chi connectivity index (χ3v) is 4.19. The number of nitrogens with one attached hydrogen (secondary N) is 1. The van der Waals surface area contributed by atoms with Crippen LogP contribution in [0.4, 0.5) is 0 Å². The van der Waals surface area contributed by atoms with Gasteiger partial charge in [-0.05, 0) is 47.0 Å². The van der Waals surface area contributed by atoms with Crippen LogP contribution in [0.2, 0.25) is 0 Å². The van der Waals surface area contributed by atoms with Gasteiger partial charge in [-0.1, -0.05) is 0 Å². The van der Waals surface area contributed by atoms with Crippen molar-refractivity contribution in [3.8, 4) is 11.5 Å². The van der Waals surface area contributed by atoms with E-state index in [0.717, 1.165) is 35.5 Å². The van der Waals surface area contributed by atoms with Crippen molar-refractivity contribution < 1.29 is 14.2 Å². The van der Waals surface area contributed by atoms with Crippen LogP contribution in [0, 0.1) is 0 Å². The lowest BCUT2D eigenvalue weighted by molar-refractivity contribution is 0.113. The first-order valence-electron chi connectivity index (χ1n) is 6.67. The average Bonchev–Trinajstić information content (AvgIpc) is 2.82. The van der Waals surface area contributed by atoms with E-state index in [-0.39, 0.29) is 0 Å². The van der Waals surface area contributed by atoms with E-state index in [1.54, 1.807) is 0 Å². The molecule has 0 bridgehead atoms. The van der Waals surface area contributed by atoms with Crippen LogP contribution in [0.3, 0.4) is 0 Å². The second-order valence-electron chi connectivity index (χ2n) is 4.95.